The van der Waals surface area contributed by atoms with Crippen LogP contribution in [0.3, 0.4) is 0 Å². The molecule has 0 atom stereocenters. The summed E-state index contributed by atoms with van der Waals surface area (Å²) >= 11 is 3.36. The van der Waals surface area contributed by atoms with Crippen molar-refractivity contribution in [2.75, 3.05) is 5.32 Å². The van der Waals surface area contributed by atoms with Crippen molar-refractivity contribution in [3.05, 3.63) is 28.3 Å². The third-order valence-electron chi connectivity index (χ3n) is 2.85. The SMILES string of the molecule is Cc1c(NC(=O)Cn2ncc(Br)c2C)cnn1C. The summed E-state index contributed by atoms with van der Waals surface area (Å²) in [5.74, 6) is -0.121. The molecule has 0 aliphatic carbocycles. The van der Waals surface area contributed by atoms with Crippen molar-refractivity contribution in [1.29, 1.82) is 0 Å². The normalized spacial score (nSPS) is 10.7. The number of carbonyl (C=O) groups is 1. The molecular formula is C11H14BrN5O. The lowest BCUT2D eigenvalue weighted by molar-refractivity contribution is -0.116. The topological polar surface area (TPSA) is 64.7 Å². The van der Waals surface area contributed by atoms with Gasteiger partial charge in [-0.1, -0.05) is 0 Å². The molecule has 1 amide bonds. The first-order valence-electron chi connectivity index (χ1n) is 5.45. The molecule has 6 nitrogen and oxygen atoms in total. The molecule has 0 aliphatic rings. The van der Waals surface area contributed by atoms with Gasteiger partial charge in [0.05, 0.1) is 33.9 Å². The molecule has 0 unspecified atom stereocenters. The Kier molecular flexibility index (Phi) is 3.51. The first-order chi connectivity index (χ1) is 8.49. The molecule has 18 heavy (non-hydrogen) atoms. The number of amides is 1. The fraction of sp³-hybridized carbons (Fsp3) is 0.364. The van der Waals surface area contributed by atoms with Crippen molar-refractivity contribution in [2.45, 2.75) is 20.4 Å². The summed E-state index contributed by atoms with van der Waals surface area (Å²) < 4.78 is 4.25. The Bertz CT molecular complexity index is 536. The molecule has 7 heteroatoms. The minimum atomic E-state index is -0.121. The number of nitrogens with zero attached hydrogens (tertiary/aromatic N) is 4. The van der Waals surface area contributed by atoms with Gasteiger partial charge in [0, 0.05) is 7.05 Å². The maximum atomic E-state index is 11.9. The molecule has 1 N–H and O–H groups in total. The Labute approximate surface area is 113 Å². The Morgan fingerprint density at radius 1 is 1.33 bits per heavy atom. The average Bonchev–Trinajstić information content (AvgIpc) is 2.80. The molecule has 2 heterocycles. The largest absolute Gasteiger partial charge is 0.322 e. The van der Waals surface area contributed by atoms with Gasteiger partial charge in [-0.05, 0) is 29.8 Å². The highest BCUT2D eigenvalue weighted by Crippen LogP contribution is 2.15. The van der Waals surface area contributed by atoms with Gasteiger partial charge in [-0.25, -0.2) is 0 Å². The minimum Gasteiger partial charge on any atom is -0.322 e. The number of halogens is 1. The molecule has 0 bridgehead atoms. The fourth-order valence-corrected chi connectivity index (χ4v) is 1.83. The predicted octanol–water partition coefficient (Wildman–Crippen LogP) is 1.63. The number of aromatic nitrogens is 4. The summed E-state index contributed by atoms with van der Waals surface area (Å²) in [4.78, 5) is 11.9. The summed E-state index contributed by atoms with van der Waals surface area (Å²) in [6, 6.07) is 0. The Morgan fingerprint density at radius 3 is 2.56 bits per heavy atom. The molecule has 0 fully saturated rings. The van der Waals surface area contributed by atoms with Crippen molar-refractivity contribution >= 4 is 27.5 Å². The van der Waals surface area contributed by atoms with Crippen molar-refractivity contribution in [1.82, 2.24) is 19.6 Å². The summed E-state index contributed by atoms with van der Waals surface area (Å²) in [6.45, 7) is 3.99. The van der Waals surface area contributed by atoms with Gasteiger partial charge in [-0.3, -0.25) is 14.2 Å². The summed E-state index contributed by atoms with van der Waals surface area (Å²) in [5, 5.41) is 11.0. The van der Waals surface area contributed by atoms with Crippen LogP contribution in [0.1, 0.15) is 11.4 Å². The molecule has 96 valence electrons. The van der Waals surface area contributed by atoms with E-state index in [1.807, 2.05) is 20.9 Å². The van der Waals surface area contributed by atoms with Gasteiger partial charge in [-0.2, -0.15) is 10.2 Å². The number of rotatable bonds is 3. The smallest absolute Gasteiger partial charge is 0.246 e. The standard InChI is InChI=1S/C11H14BrN5O/c1-7-9(12)4-14-17(7)6-11(18)15-10-5-13-16(3)8(10)2/h4-5H,6H2,1-3H3,(H,15,18). The number of aryl methyl sites for hydroxylation is 1. The van der Waals surface area contributed by atoms with E-state index in [1.54, 1.807) is 21.8 Å². The van der Waals surface area contributed by atoms with E-state index in [4.69, 9.17) is 0 Å². The Morgan fingerprint density at radius 2 is 2.06 bits per heavy atom. The van der Waals surface area contributed by atoms with Gasteiger partial charge in [0.25, 0.3) is 0 Å². The van der Waals surface area contributed by atoms with E-state index in [9.17, 15) is 4.79 Å². The van der Waals surface area contributed by atoms with Crippen LogP contribution in [0.25, 0.3) is 0 Å². The average molecular weight is 312 g/mol. The molecule has 0 radical (unpaired) electrons. The van der Waals surface area contributed by atoms with Crippen LogP contribution in [0, 0.1) is 13.8 Å². The van der Waals surface area contributed by atoms with Crippen LogP contribution >= 0.6 is 15.9 Å². The van der Waals surface area contributed by atoms with E-state index in [0.29, 0.717) is 0 Å². The highest BCUT2D eigenvalue weighted by Gasteiger charge is 2.11. The van der Waals surface area contributed by atoms with Crippen molar-refractivity contribution in [2.24, 2.45) is 7.05 Å². The van der Waals surface area contributed by atoms with Gasteiger partial charge in [0.2, 0.25) is 5.91 Å². The lowest BCUT2D eigenvalue weighted by Crippen LogP contribution is -2.20. The summed E-state index contributed by atoms with van der Waals surface area (Å²) in [7, 11) is 1.83. The third-order valence-corrected chi connectivity index (χ3v) is 3.62. The predicted molar refractivity (Wildman–Crippen MR) is 71.2 cm³/mol. The zero-order chi connectivity index (χ0) is 13.3. The summed E-state index contributed by atoms with van der Waals surface area (Å²) in [5.41, 5.74) is 2.57. The first-order valence-corrected chi connectivity index (χ1v) is 6.24. The highest BCUT2D eigenvalue weighted by molar-refractivity contribution is 9.10. The van der Waals surface area contributed by atoms with E-state index in [-0.39, 0.29) is 12.5 Å². The maximum absolute atomic E-state index is 11.9. The zero-order valence-electron chi connectivity index (χ0n) is 10.4. The molecule has 0 aliphatic heterocycles. The van der Waals surface area contributed by atoms with Crippen LogP contribution in [0.2, 0.25) is 0 Å². The molecule has 0 saturated heterocycles. The van der Waals surface area contributed by atoms with Gasteiger partial charge >= 0.3 is 0 Å². The van der Waals surface area contributed by atoms with E-state index < -0.39 is 0 Å². The lowest BCUT2D eigenvalue weighted by atomic mass is 10.4. The number of carbonyl (C=O) groups excluding carboxylic acids is 1. The van der Waals surface area contributed by atoms with Gasteiger partial charge in [0.15, 0.2) is 0 Å². The molecular weight excluding hydrogens is 298 g/mol. The molecule has 0 saturated carbocycles. The molecule has 2 aromatic heterocycles. The van der Waals surface area contributed by atoms with Crippen LogP contribution in [0.5, 0.6) is 0 Å². The number of hydrogen-bond donors (Lipinski definition) is 1. The van der Waals surface area contributed by atoms with Crippen LogP contribution in [-0.4, -0.2) is 25.5 Å². The van der Waals surface area contributed by atoms with Gasteiger partial charge in [-0.15, -0.1) is 0 Å². The van der Waals surface area contributed by atoms with Crippen molar-refractivity contribution in [3.8, 4) is 0 Å². The van der Waals surface area contributed by atoms with E-state index in [1.165, 1.54) is 0 Å². The van der Waals surface area contributed by atoms with E-state index >= 15 is 0 Å². The van der Waals surface area contributed by atoms with Crippen molar-refractivity contribution < 1.29 is 4.79 Å². The quantitative estimate of drug-likeness (QED) is 0.937. The van der Waals surface area contributed by atoms with Crippen LogP contribution < -0.4 is 5.32 Å². The second-order valence-corrected chi connectivity index (χ2v) is 4.91. The van der Waals surface area contributed by atoms with Crippen LogP contribution in [0.4, 0.5) is 5.69 Å². The van der Waals surface area contributed by atoms with Gasteiger partial charge in [0.1, 0.15) is 6.54 Å². The van der Waals surface area contributed by atoms with Crippen LogP contribution in [0.15, 0.2) is 16.9 Å². The fourth-order valence-electron chi connectivity index (χ4n) is 1.53. The molecule has 2 aromatic rings. The highest BCUT2D eigenvalue weighted by atomic mass is 79.9. The number of anilines is 1. The zero-order valence-corrected chi connectivity index (χ0v) is 12.0. The van der Waals surface area contributed by atoms with E-state index in [2.05, 4.69) is 31.4 Å². The second-order valence-electron chi connectivity index (χ2n) is 4.05. The van der Waals surface area contributed by atoms with Gasteiger partial charge < -0.3 is 5.32 Å². The third kappa shape index (κ3) is 2.45. The Hall–Kier alpha value is -1.63. The Balaban J connectivity index is 2.05. The lowest BCUT2D eigenvalue weighted by Gasteiger charge is -2.06. The van der Waals surface area contributed by atoms with Crippen LogP contribution in [-0.2, 0) is 18.4 Å². The summed E-state index contributed by atoms with van der Waals surface area (Å²) in [6.07, 6.45) is 3.32. The molecule has 0 aromatic carbocycles. The second kappa shape index (κ2) is 4.93. The molecule has 2 rings (SSSR count). The van der Waals surface area contributed by atoms with Crippen molar-refractivity contribution in [3.63, 3.8) is 0 Å². The minimum absolute atomic E-state index is 0.121. The van der Waals surface area contributed by atoms with E-state index in [0.717, 1.165) is 21.5 Å². The molecule has 0 spiro atoms. The first kappa shape index (κ1) is 12.8. The number of nitrogens with one attached hydrogen (secondary N) is 1. The number of hydrogen-bond acceptors (Lipinski definition) is 3. The maximum Gasteiger partial charge on any atom is 0.246 e. The monoisotopic (exact) mass is 311 g/mol.